The summed E-state index contributed by atoms with van der Waals surface area (Å²) >= 11 is 5.79. The van der Waals surface area contributed by atoms with E-state index in [0.717, 1.165) is 18.2 Å². The van der Waals surface area contributed by atoms with Gasteiger partial charge in [0, 0.05) is 6.20 Å². The normalized spacial score (nSPS) is 11.3. The molecule has 0 fully saturated rings. The maximum Gasteiger partial charge on any atom is 0.417 e. The van der Waals surface area contributed by atoms with Gasteiger partial charge in [0.25, 0.3) is 5.91 Å². The molecular weight excluding hydrogens is 494 g/mol. The Morgan fingerprint density at radius 1 is 1.06 bits per heavy atom. The number of nitrogen functional groups attached to an aromatic ring is 1. The van der Waals surface area contributed by atoms with E-state index in [0.29, 0.717) is 18.3 Å². The third-order valence-corrected chi connectivity index (χ3v) is 4.64. The maximum atomic E-state index is 14.4. The van der Waals surface area contributed by atoms with E-state index in [1.807, 2.05) is 5.32 Å². The van der Waals surface area contributed by atoms with Crippen LogP contribution >= 0.6 is 11.6 Å². The molecular formula is C20H11ClF6N4O3. The van der Waals surface area contributed by atoms with Crippen molar-refractivity contribution >= 4 is 34.9 Å². The summed E-state index contributed by atoms with van der Waals surface area (Å²) in [6.07, 6.45) is -4.42. The number of phenols is 1. The van der Waals surface area contributed by atoms with Crippen molar-refractivity contribution < 1.29 is 41.0 Å². The van der Waals surface area contributed by atoms with Crippen LogP contribution in [-0.2, 0) is 6.18 Å². The topological polar surface area (TPSA) is 117 Å². The Morgan fingerprint density at radius 3 is 2.32 bits per heavy atom. The number of carbonyl (C=O) groups excluding carboxylic acids is 2. The molecule has 178 valence electrons. The molecule has 1 aromatic heterocycles. The van der Waals surface area contributed by atoms with E-state index >= 15 is 0 Å². The molecule has 3 amide bonds. The van der Waals surface area contributed by atoms with Gasteiger partial charge < -0.3 is 16.2 Å². The summed E-state index contributed by atoms with van der Waals surface area (Å²) in [6.45, 7) is 0. The molecule has 0 atom stereocenters. The number of nitrogens with zero attached hydrogens (tertiary/aromatic N) is 1. The lowest BCUT2D eigenvalue weighted by Gasteiger charge is -2.14. The molecule has 34 heavy (non-hydrogen) atoms. The molecule has 3 aromatic rings. The van der Waals surface area contributed by atoms with Crippen LogP contribution in [0.5, 0.6) is 5.75 Å². The van der Waals surface area contributed by atoms with Gasteiger partial charge in [0.15, 0.2) is 11.6 Å². The molecule has 0 aliphatic rings. The van der Waals surface area contributed by atoms with Crippen LogP contribution in [-0.4, -0.2) is 22.0 Å². The molecule has 0 aliphatic heterocycles. The number of hydrogen-bond acceptors (Lipinski definition) is 5. The number of aromatic hydroxyl groups is 1. The second-order valence-electron chi connectivity index (χ2n) is 6.60. The molecule has 0 unspecified atom stereocenters. The number of urea groups is 1. The standard InChI is InChI=1S/C20H11ClF6N4O3/c21-8-5-7(20(25,26)27)6-29-16(8)14-10(23)2-4-12(17(14)32)30-19(34)31-18(33)13-9(22)1-3-11(28)15(13)24/h1-6,32H,28H2,(H2,30,31,33,34). The van der Waals surface area contributed by atoms with Crippen LogP contribution in [0.25, 0.3) is 11.3 Å². The summed E-state index contributed by atoms with van der Waals surface area (Å²) in [5.41, 5.74) is 0.458. The second-order valence-corrected chi connectivity index (χ2v) is 7.01. The summed E-state index contributed by atoms with van der Waals surface area (Å²) in [4.78, 5) is 27.6. The van der Waals surface area contributed by atoms with Crippen LogP contribution in [0.2, 0.25) is 5.02 Å². The molecule has 0 saturated heterocycles. The van der Waals surface area contributed by atoms with Gasteiger partial charge in [-0.15, -0.1) is 0 Å². The Morgan fingerprint density at radius 2 is 1.71 bits per heavy atom. The average Bonchev–Trinajstić information content (AvgIpc) is 2.73. The predicted octanol–water partition coefficient (Wildman–Crippen LogP) is 5.09. The van der Waals surface area contributed by atoms with Crippen LogP contribution in [0.1, 0.15) is 15.9 Å². The van der Waals surface area contributed by atoms with Crippen LogP contribution in [0, 0.1) is 17.5 Å². The lowest BCUT2D eigenvalue weighted by Crippen LogP contribution is -2.35. The molecule has 0 aliphatic carbocycles. The molecule has 0 radical (unpaired) electrons. The van der Waals surface area contributed by atoms with Gasteiger partial charge in [0.2, 0.25) is 0 Å². The fraction of sp³-hybridized carbons (Fsp3) is 0.0500. The fourth-order valence-corrected chi connectivity index (χ4v) is 3.03. The lowest BCUT2D eigenvalue weighted by atomic mass is 10.1. The van der Waals surface area contributed by atoms with E-state index < -0.39 is 80.1 Å². The highest BCUT2D eigenvalue weighted by Gasteiger charge is 2.32. The van der Waals surface area contributed by atoms with Crippen molar-refractivity contribution in [2.75, 3.05) is 11.1 Å². The van der Waals surface area contributed by atoms with Crippen molar-refractivity contribution in [1.29, 1.82) is 0 Å². The Labute approximate surface area is 191 Å². The number of amides is 3. The molecule has 5 N–H and O–H groups in total. The minimum atomic E-state index is -4.79. The first-order valence-electron chi connectivity index (χ1n) is 8.91. The van der Waals surface area contributed by atoms with Crippen LogP contribution in [0.15, 0.2) is 36.5 Å². The van der Waals surface area contributed by atoms with Crippen molar-refractivity contribution in [3.63, 3.8) is 0 Å². The summed E-state index contributed by atoms with van der Waals surface area (Å²) < 4.78 is 80.5. The quantitative estimate of drug-likeness (QED) is 0.225. The molecule has 1 heterocycles. The van der Waals surface area contributed by atoms with Gasteiger partial charge >= 0.3 is 12.2 Å². The maximum absolute atomic E-state index is 14.4. The van der Waals surface area contributed by atoms with Gasteiger partial charge in [-0.3, -0.25) is 15.1 Å². The number of nitrogens with two attached hydrogens (primary N) is 1. The van der Waals surface area contributed by atoms with Gasteiger partial charge in [-0.1, -0.05) is 11.6 Å². The van der Waals surface area contributed by atoms with E-state index in [2.05, 4.69) is 4.98 Å². The zero-order valence-corrected chi connectivity index (χ0v) is 17.2. The average molecular weight is 505 g/mol. The highest BCUT2D eigenvalue weighted by molar-refractivity contribution is 6.33. The number of rotatable bonds is 3. The van der Waals surface area contributed by atoms with Crippen molar-refractivity contribution in [3.8, 4) is 17.0 Å². The van der Waals surface area contributed by atoms with Crippen LogP contribution < -0.4 is 16.4 Å². The number of pyridine rings is 1. The molecule has 14 heteroatoms. The highest BCUT2D eigenvalue weighted by Crippen LogP contribution is 2.41. The zero-order chi connectivity index (χ0) is 25.4. The highest BCUT2D eigenvalue weighted by atomic mass is 35.5. The summed E-state index contributed by atoms with van der Waals surface area (Å²) in [7, 11) is 0. The number of hydrogen-bond donors (Lipinski definition) is 4. The van der Waals surface area contributed by atoms with Crippen molar-refractivity contribution in [3.05, 3.63) is 70.1 Å². The van der Waals surface area contributed by atoms with E-state index in [1.54, 1.807) is 5.32 Å². The smallest absolute Gasteiger partial charge is 0.417 e. The summed E-state index contributed by atoms with van der Waals surface area (Å²) in [6, 6.07) is 2.19. The van der Waals surface area contributed by atoms with Crippen LogP contribution in [0.3, 0.4) is 0 Å². The number of aromatic nitrogens is 1. The molecule has 0 saturated carbocycles. The molecule has 7 nitrogen and oxygen atoms in total. The molecule has 2 aromatic carbocycles. The third-order valence-electron chi connectivity index (χ3n) is 4.36. The van der Waals surface area contributed by atoms with E-state index in [4.69, 9.17) is 17.3 Å². The third kappa shape index (κ3) is 4.83. The monoisotopic (exact) mass is 504 g/mol. The lowest BCUT2D eigenvalue weighted by molar-refractivity contribution is -0.137. The molecule has 0 spiro atoms. The first-order valence-corrected chi connectivity index (χ1v) is 9.29. The van der Waals surface area contributed by atoms with Gasteiger partial charge in [-0.25, -0.2) is 18.0 Å². The van der Waals surface area contributed by atoms with Crippen molar-refractivity contribution in [2.24, 2.45) is 0 Å². The summed E-state index contributed by atoms with van der Waals surface area (Å²) in [5.74, 6) is -6.41. The number of benzene rings is 2. The van der Waals surface area contributed by atoms with E-state index in [9.17, 15) is 41.0 Å². The first-order chi connectivity index (χ1) is 15.8. The number of alkyl halides is 3. The largest absolute Gasteiger partial charge is 0.505 e. The molecule has 3 rings (SSSR count). The Kier molecular flexibility index (Phi) is 6.59. The van der Waals surface area contributed by atoms with Crippen molar-refractivity contribution in [2.45, 2.75) is 6.18 Å². The number of nitrogens with one attached hydrogen (secondary N) is 2. The van der Waals surface area contributed by atoms with Crippen LogP contribution in [0.4, 0.5) is 42.5 Å². The molecule has 0 bridgehead atoms. The van der Waals surface area contributed by atoms with E-state index in [1.165, 1.54) is 0 Å². The number of carbonyl (C=O) groups is 2. The Bertz CT molecular complexity index is 1320. The second kappa shape index (κ2) is 9.09. The summed E-state index contributed by atoms with van der Waals surface area (Å²) in [5, 5.41) is 13.3. The number of anilines is 2. The zero-order valence-electron chi connectivity index (χ0n) is 16.4. The van der Waals surface area contributed by atoms with Crippen molar-refractivity contribution in [1.82, 2.24) is 10.3 Å². The number of imide groups is 1. The number of halogens is 7. The minimum Gasteiger partial charge on any atom is -0.505 e. The minimum absolute atomic E-state index is 0.361. The van der Waals surface area contributed by atoms with Gasteiger partial charge in [0.1, 0.15) is 17.2 Å². The van der Waals surface area contributed by atoms with Gasteiger partial charge in [0.05, 0.1) is 33.2 Å². The number of phenolic OH excluding ortho intramolecular Hbond substituents is 1. The predicted molar refractivity (Wildman–Crippen MR) is 109 cm³/mol. The Balaban J connectivity index is 1.89. The Hall–Kier alpha value is -4.00. The van der Waals surface area contributed by atoms with Gasteiger partial charge in [-0.05, 0) is 30.3 Å². The SMILES string of the molecule is Nc1ccc(F)c(C(=O)NC(=O)Nc2ccc(F)c(-c3ncc(C(F)(F)F)cc3Cl)c2O)c1F. The first kappa shape index (κ1) is 24.6. The fourth-order valence-electron chi connectivity index (χ4n) is 2.77. The van der Waals surface area contributed by atoms with Gasteiger partial charge in [-0.2, -0.15) is 13.2 Å². The van der Waals surface area contributed by atoms with E-state index in [-0.39, 0.29) is 0 Å².